The molecule has 98 valence electrons. The lowest BCUT2D eigenvalue weighted by Gasteiger charge is -2.25. The molecule has 0 fully saturated rings. The zero-order valence-corrected chi connectivity index (χ0v) is 10.9. The number of hydrogen-bond donors (Lipinski definition) is 1. The minimum Gasteiger partial charge on any atom is -0.486 e. The van der Waals surface area contributed by atoms with Crippen LogP contribution >= 0.6 is 11.6 Å². The Morgan fingerprint density at radius 3 is 2.53 bits per heavy atom. The van der Waals surface area contributed by atoms with Crippen LogP contribution in [0.4, 0.5) is 0 Å². The second kappa shape index (κ2) is 5.11. The average Bonchev–Trinajstić information content (AvgIpc) is 2.47. The van der Waals surface area contributed by atoms with Crippen molar-refractivity contribution >= 4 is 11.6 Å². The van der Waals surface area contributed by atoms with Crippen LogP contribution in [0.3, 0.4) is 0 Å². The van der Waals surface area contributed by atoms with Crippen LogP contribution in [0.25, 0.3) is 11.1 Å². The predicted molar refractivity (Wildman–Crippen MR) is 73.9 cm³/mol. The summed E-state index contributed by atoms with van der Waals surface area (Å²) >= 11 is 5.88. The molecular weight excluding hydrogens is 264 g/mol. The number of aliphatic hydroxyl groups is 1. The Morgan fingerprint density at radius 2 is 1.79 bits per heavy atom. The fraction of sp³-hybridized carbons (Fsp3) is 0.200. The summed E-state index contributed by atoms with van der Waals surface area (Å²) in [5.74, 6) is 1.38. The molecule has 1 N–H and O–H groups in total. The Morgan fingerprint density at radius 1 is 1.05 bits per heavy atom. The summed E-state index contributed by atoms with van der Waals surface area (Å²) in [5, 5.41) is 9.82. The molecule has 2 aromatic rings. The number of halogens is 1. The summed E-state index contributed by atoms with van der Waals surface area (Å²) in [7, 11) is 0. The highest BCUT2D eigenvalue weighted by Gasteiger charge is 2.20. The Bertz CT molecular complexity index is 580. The van der Waals surface area contributed by atoms with E-state index in [9.17, 15) is 0 Å². The lowest BCUT2D eigenvalue weighted by molar-refractivity contribution is 0.0457. The molecule has 0 saturated carbocycles. The smallest absolute Gasteiger partial charge is 0.162 e. The van der Waals surface area contributed by atoms with Gasteiger partial charge in [0.1, 0.15) is 6.61 Å². The molecule has 0 unspecified atom stereocenters. The van der Waals surface area contributed by atoms with Crippen LogP contribution in [-0.4, -0.2) is 24.4 Å². The standard InChI is InChI=1S/C15H13ClO3/c16-12-4-1-10(2-5-12)11-3-6-14-15(7-11)19-13(8-17)9-18-14/h1-7,13,17H,8-9H2/t13-/m0/s1. The third kappa shape index (κ3) is 2.53. The van der Waals surface area contributed by atoms with Crippen LogP contribution in [0, 0.1) is 0 Å². The van der Waals surface area contributed by atoms with E-state index in [1.165, 1.54) is 0 Å². The molecular formula is C15H13ClO3. The van der Waals surface area contributed by atoms with E-state index in [0.717, 1.165) is 11.1 Å². The summed E-state index contributed by atoms with van der Waals surface area (Å²) in [6.45, 7) is 0.328. The van der Waals surface area contributed by atoms with Crippen LogP contribution in [-0.2, 0) is 0 Å². The molecule has 4 heteroatoms. The van der Waals surface area contributed by atoms with Gasteiger partial charge >= 0.3 is 0 Å². The summed E-state index contributed by atoms with van der Waals surface area (Å²) in [5.41, 5.74) is 2.08. The van der Waals surface area contributed by atoms with E-state index in [-0.39, 0.29) is 12.7 Å². The highest BCUT2D eigenvalue weighted by molar-refractivity contribution is 6.30. The number of ether oxygens (including phenoxy) is 2. The minimum absolute atomic E-state index is 0.0510. The quantitative estimate of drug-likeness (QED) is 0.916. The topological polar surface area (TPSA) is 38.7 Å². The average molecular weight is 277 g/mol. The van der Waals surface area contributed by atoms with Gasteiger partial charge in [0.2, 0.25) is 0 Å². The number of hydrogen-bond acceptors (Lipinski definition) is 3. The SMILES string of the molecule is OC[C@H]1COc2ccc(-c3ccc(Cl)cc3)cc2O1. The van der Waals surface area contributed by atoms with Gasteiger partial charge in [0.05, 0.1) is 6.61 Å². The highest BCUT2D eigenvalue weighted by Crippen LogP contribution is 2.35. The van der Waals surface area contributed by atoms with E-state index < -0.39 is 0 Å². The molecule has 1 heterocycles. The van der Waals surface area contributed by atoms with Gasteiger partial charge in [0.25, 0.3) is 0 Å². The van der Waals surface area contributed by atoms with Crippen molar-refractivity contribution in [2.75, 3.05) is 13.2 Å². The molecule has 0 aromatic heterocycles. The summed E-state index contributed by atoms with van der Waals surface area (Å²) in [6.07, 6.45) is -0.298. The van der Waals surface area contributed by atoms with Gasteiger partial charge < -0.3 is 14.6 Å². The van der Waals surface area contributed by atoms with Crippen molar-refractivity contribution in [3.63, 3.8) is 0 Å². The molecule has 3 rings (SSSR count). The number of rotatable bonds is 2. The van der Waals surface area contributed by atoms with E-state index in [1.807, 2.05) is 42.5 Å². The Kier molecular flexibility index (Phi) is 3.32. The second-order valence-corrected chi connectivity index (χ2v) is 4.84. The lowest BCUT2D eigenvalue weighted by atomic mass is 10.1. The first-order chi connectivity index (χ1) is 9.26. The van der Waals surface area contributed by atoms with Gasteiger partial charge in [-0.2, -0.15) is 0 Å². The van der Waals surface area contributed by atoms with E-state index >= 15 is 0 Å². The fourth-order valence-corrected chi connectivity index (χ4v) is 2.15. The summed E-state index contributed by atoms with van der Waals surface area (Å²) in [4.78, 5) is 0. The zero-order chi connectivity index (χ0) is 13.2. The molecule has 2 aromatic carbocycles. The molecule has 19 heavy (non-hydrogen) atoms. The lowest BCUT2D eigenvalue weighted by Crippen LogP contribution is -2.32. The zero-order valence-electron chi connectivity index (χ0n) is 10.2. The van der Waals surface area contributed by atoms with Gasteiger partial charge in [-0.25, -0.2) is 0 Å². The Labute approximate surface area is 116 Å². The number of benzene rings is 2. The Balaban J connectivity index is 1.94. The van der Waals surface area contributed by atoms with Crippen molar-refractivity contribution in [2.24, 2.45) is 0 Å². The molecule has 3 nitrogen and oxygen atoms in total. The van der Waals surface area contributed by atoms with E-state index in [0.29, 0.717) is 23.1 Å². The molecule has 1 aliphatic heterocycles. The second-order valence-electron chi connectivity index (χ2n) is 4.40. The van der Waals surface area contributed by atoms with Gasteiger partial charge in [0, 0.05) is 5.02 Å². The van der Waals surface area contributed by atoms with Crippen LogP contribution in [0.5, 0.6) is 11.5 Å². The van der Waals surface area contributed by atoms with Crippen LogP contribution < -0.4 is 9.47 Å². The van der Waals surface area contributed by atoms with Crippen LogP contribution in [0.2, 0.25) is 5.02 Å². The minimum atomic E-state index is -0.298. The van der Waals surface area contributed by atoms with Crippen molar-refractivity contribution in [1.82, 2.24) is 0 Å². The van der Waals surface area contributed by atoms with Gasteiger partial charge in [-0.15, -0.1) is 0 Å². The predicted octanol–water partition coefficient (Wildman–Crippen LogP) is 3.14. The molecule has 0 bridgehead atoms. The summed E-state index contributed by atoms with van der Waals surface area (Å²) < 4.78 is 11.2. The monoisotopic (exact) mass is 276 g/mol. The van der Waals surface area contributed by atoms with Gasteiger partial charge in [-0.1, -0.05) is 29.8 Å². The van der Waals surface area contributed by atoms with Gasteiger partial charge in [-0.05, 0) is 35.4 Å². The van der Waals surface area contributed by atoms with Crippen molar-refractivity contribution in [2.45, 2.75) is 6.10 Å². The van der Waals surface area contributed by atoms with Crippen molar-refractivity contribution in [3.05, 3.63) is 47.5 Å². The van der Waals surface area contributed by atoms with Gasteiger partial charge in [-0.3, -0.25) is 0 Å². The molecule has 0 aliphatic carbocycles. The first-order valence-corrected chi connectivity index (χ1v) is 6.44. The van der Waals surface area contributed by atoms with E-state index in [2.05, 4.69) is 0 Å². The largest absolute Gasteiger partial charge is 0.486 e. The molecule has 0 radical (unpaired) electrons. The van der Waals surface area contributed by atoms with Crippen LogP contribution in [0.15, 0.2) is 42.5 Å². The first kappa shape index (κ1) is 12.3. The maximum Gasteiger partial charge on any atom is 0.162 e. The molecule has 1 aliphatic rings. The maximum absolute atomic E-state index is 9.11. The molecule has 0 saturated heterocycles. The van der Waals surface area contributed by atoms with E-state index in [4.69, 9.17) is 26.2 Å². The van der Waals surface area contributed by atoms with Crippen LogP contribution in [0.1, 0.15) is 0 Å². The molecule has 0 amide bonds. The maximum atomic E-state index is 9.11. The number of fused-ring (bicyclic) bond motifs is 1. The third-order valence-corrected chi connectivity index (χ3v) is 3.30. The number of aliphatic hydroxyl groups excluding tert-OH is 1. The van der Waals surface area contributed by atoms with Crippen molar-refractivity contribution in [3.8, 4) is 22.6 Å². The summed E-state index contributed by atoms with van der Waals surface area (Å²) in [6, 6.07) is 13.4. The highest BCUT2D eigenvalue weighted by atomic mass is 35.5. The van der Waals surface area contributed by atoms with E-state index in [1.54, 1.807) is 0 Å². The third-order valence-electron chi connectivity index (χ3n) is 3.04. The van der Waals surface area contributed by atoms with Crippen molar-refractivity contribution < 1.29 is 14.6 Å². The molecule has 0 spiro atoms. The Hall–Kier alpha value is -1.71. The fourth-order valence-electron chi connectivity index (χ4n) is 2.03. The normalized spacial score (nSPS) is 17.3. The van der Waals surface area contributed by atoms with Crippen molar-refractivity contribution in [1.29, 1.82) is 0 Å². The van der Waals surface area contributed by atoms with Gasteiger partial charge in [0.15, 0.2) is 17.6 Å². The first-order valence-electron chi connectivity index (χ1n) is 6.06. The molecule has 1 atom stereocenters.